The Morgan fingerprint density at radius 1 is 1.27 bits per heavy atom. The number of benzene rings is 1. The van der Waals surface area contributed by atoms with Gasteiger partial charge in [-0.15, -0.1) is 0 Å². The molecule has 3 amide bonds. The highest BCUT2D eigenvalue weighted by Gasteiger charge is 2.53. The van der Waals surface area contributed by atoms with Crippen molar-refractivity contribution < 1.29 is 42.5 Å². The molecule has 1 aromatic rings. The maximum Gasteiger partial charge on any atom is 0.426 e. The number of likely N-dealkylation sites (tertiary alicyclic amines) is 1. The van der Waals surface area contributed by atoms with Gasteiger partial charge in [0.1, 0.15) is 17.1 Å². The molecule has 164 valence electrons. The van der Waals surface area contributed by atoms with Crippen LogP contribution in [0.1, 0.15) is 30.6 Å². The third-order valence-corrected chi connectivity index (χ3v) is 5.86. The first-order valence-electron chi connectivity index (χ1n) is 8.68. The summed E-state index contributed by atoms with van der Waals surface area (Å²) in [6, 6.07) is 2.86. The molecule has 3 atom stereocenters. The number of aromatic hydroxyl groups is 1. The number of hydrogen-bond acceptors (Lipinski definition) is 8. The maximum atomic E-state index is 11.9. The second kappa shape index (κ2) is 8.98. The molecule has 1 aromatic carbocycles. The van der Waals surface area contributed by atoms with Crippen molar-refractivity contribution in [3.05, 3.63) is 29.8 Å². The summed E-state index contributed by atoms with van der Waals surface area (Å²) >= 11 is 0. The van der Waals surface area contributed by atoms with Gasteiger partial charge in [0.25, 0.3) is 5.91 Å². The number of carboxylic acids is 1. The van der Waals surface area contributed by atoms with Crippen LogP contribution in [-0.2, 0) is 25.0 Å². The second-order valence-corrected chi connectivity index (χ2v) is 8.45. The number of thiol groups is 1. The van der Waals surface area contributed by atoms with Crippen molar-refractivity contribution in [1.82, 2.24) is 15.8 Å². The van der Waals surface area contributed by atoms with Crippen molar-refractivity contribution in [3.8, 4) is 5.75 Å². The van der Waals surface area contributed by atoms with Gasteiger partial charge in [-0.05, 0) is 38.1 Å². The van der Waals surface area contributed by atoms with Crippen molar-refractivity contribution in [1.29, 1.82) is 0 Å². The summed E-state index contributed by atoms with van der Waals surface area (Å²) in [5.74, 6) is -2.88. The molecule has 12 nitrogen and oxygen atoms in total. The SMILES string of the molecule is C[C@@H]1CC(=O)N1[C@@H](C(=O)O)[C@](C)(COC(=O)NNC(=O)c1ccc(O)cc1)[SH](=O)=O. The highest BCUT2D eigenvalue weighted by Crippen LogP contribution is 2.30. The number of hydrazine groups is 1. The largest absolute Gasteiger partial charge is 0.508 e. The van der Waals surface area contributed by atoms with Gasteiger partial charge in [0.15, 0.2) is 16.7 Å². The van der Waals surface area contributed by atoms with E-state index in [9.17, 15) is 37.8 Å². The molecule has 1 aliphatic rings. The number of rotatable bonds is 7. The Bertz CT molecular complexity index is 923. The van der Waals surface area contributed by atoms with Crippen molar-refractivity contribution in [2.24, 2.45) is 0 Å². The monoisotopic (exact) mass is 443 g/mol. The van der Waals surface area contributed by atoms with Crippen LogP contribution in [0, 0.1) is 0 Å². The van der Waals surface area contributed by atoms with Gasteiger partial charge < -0.3 is 19.8 Å². The Morgan fingerprint density at radius 3 is 2.33 bits per heavy atom. The van der Waals surface area contributed by atoms with Crippen molar-refractivity contribution in [3.63, 3.8) is 0 Å². The number of nitrogens with zero attached hydrogens (tertiary/aromatic N) is 1. The Hall–Kier alpha value is -3.35. The van der Waals surface area contributed by atoms with E-state index < -0.39 is 58.0 Å². The Balaban J connectivity index is 2.03. The van der Waals surface area contributed by atoms with Gasteiger partial charge in [-0.3, -0.25) is 15.0 Å². The molecule has 1 aliphatic heterocycles. The summed E-state index contributed by atoms with van der Waals surface area (Å²) in [4.78, 5) is 48.2. The molecule has 0 aliphatic carbocycles. The Morgan fingerprint density at radius 2 is 1.87 bits per heavy atom. The van der Waals surface area contributed by atoms with Crippen LogP contribution >= 0.6 is 0 Å². The number of phenolic OH excluding ortho intramolecular Hbond substituents is 1. The quantitative estimate of drug-likeness (QED) is 0.205. The van der Waals surface area contributed by atoms with Gasteiger partial charge in [-0.25, -0.2) is 23.4 Å². The minimum Gasteiger partial charge on any atom is -0.508 e. The van der Waals surface area contributed by atoms with E-state index in [1.165, 1.54) is 24.3 Å². The van der Waals surface area contributed by atoms with Gasteiger partial charge in [-0.1, -0.05) is 0 Å². The summed E-state index contributed by atoms with van der Waals surface area (Å²) < 4.78 is 26.4. The number of phenols is 1. The van der Waals surface area contributed by atoms with Crippen molar-refractivity contribution >= 4 is 34.6 Å². The zero-order valence-corrected chi connectivity index (χ0v) is 16.9. The van der Waals surface area contributed by atoms with E-state index in [-0.39, 0.29) is 17.7 Å². The molecular formula is C17H21N3O9S. The van der Waals surface area contributed by atoms with Crippen LogP contribution in [0.15, 0.2) is 24.3 Å². The van der Waals surface area contributed by atoms with Crippen LogP contribution in [0.2, 0.25) is 0 Å². The van der Waals surface area contributed by atoms with E-state index in [0.29, 0.717) is 0 Å². The van der Waals surface area contributed by atoms with Crippen LogP contribution < -0.4 is 10.9 Å². The minimum absolute atomic E-state index is 0.0621. The van der Waals surface area contributed by atoms with Gasteiger partial charge in [0.2, 0.25) is 5.91 Å². The minimum atomic E-state index is -3.44. The lowest BCUT2D eigenvalue weighted by Crippen LogP contribution is -2.67. The lowest BCUT2D eigenvalue weighted by Gasteiger charge is -2.46. The van der Waals surface area contributed by atoms with Crippen LogP contribution in [0.25, 0.3) is 0 Å². The number of hydrogen-bond donors (Lipinski definition) is 5. The van der Waals surface area contributed by atoms with Gasteiger partial charge in [0.05, 0.1) is 0 Å². The highest BCUT2D eigenvalue weighted by atomic mass is 32.2. The summed E-state index contributed by atoms with van der Waals surface area (Å²) in [5, 5.41) is 18.7. The van der Waals surface area contributed by atoms with Crippen LogP contribution in [0.4, 0.5) is 4.79 Å². The molecule has 1 fully saturated rings. The molecule has 0 radical (unpaired) electrons. The molecular weight excluding hydrogens is 422 g/mol. The first-order chi connectivity index (χ1) is 14.0. The summed E-state index contributed by atoms with van der Waals surface area (Å²) in [7, 11) is -3.44. The fourth-order valence-electron chi connectivity index (χ4n) is 2.94. The Kier molecular flexibility index (Phi) is 6.87. The molecule has 4 N–H and O–H groups in total. The maximum absolute atomic E-state index is 11.9. The van der Waals surface area contributed by atoms with Crippen molar-refractivity contribution in [2.45, 2.75) is 37.1 Å². The standard InChI is InChI=1S/C17H21N3O9S/c1-9-7-12(22)20(9)13(15(24)25)17(2,30(27)28)8-29-16(26)19-18-14(23)10-3-5-11(21)6-4-10/h3-6,9,13,21,30H,7-8H2,1-2H3,(H,18,23)(H,19,26)(H,24,25)/t9-,13+,17+/m1/s1. The van der Waals surface area contributed by atoms with E-state index >= 15 is 0 Å². The zero-order chi connectivity index (χ0) is 22.6. The average molecular weight is 443 g/mol. The van der Waals surface area contributed by atoms with E-state index in [1.54, 1.807) is 6.92 Å². The lowest BCUT2D eigenvalue weighted by atomic mass is 9.92. The lowest BCUT2D eigenvalue weighted by molar-refractivity contribution is -0.163. The molecule has 1 heterocycles. The molecule has 0 unspecified atom stereocenters. The smallest absolute Gasteiger partial charge is 0.426 e. The number of carbonyl (C=O) groups excluding carboxylic acids is 3. The fraction of sp³-hybridized carbons (Fsp3) is 0.412. The first-order valence-corrected chi connectivity index (χ1v) is 9.85. The normalized spacial score (nSPS) is 18.7. The summed E-state index contributed by atoms with van der Waals surface area (Å²) in [5.41, 5.74) is 4.03. The molecule has 0 bridgehead atoms. The first kappa shape index (κ1) is 22.9. The molecule has 0 aromatic heterocycles. The van der Waals surface area contributed by atoms with E-state index in [2.05, 4.69) is 0 Å². The number of β-lactam (4-membered cyclic amide) rings is 1. The van der Waals surface area contributed by atoms with Gasteiger partial charge in [0, 0.05) is 18.0 Å². The molecule has 13 heteroatoms. The molecule has 1 saturated heterocycles. The van der Waals surface area contributed by atoms with Gasteiger partial charge >= 0.3 is 12.1 Å². The van der Waals surface area contributed by atoms with Crippen LogP contribution in [0.5, 0.6) is 5.75 Å². The van der Waals surface area contributed by atoms with E-state index in [0.717, 1.165) is 11.8 Å². The second-order valence-electron chi connectivity index (χ2n) is 6.91. The fourth-order valence-corrected chi connectivity index (χ4v) is 3.55. The summed E-state index contributed by atoms with van der Waals surface area (Å²) in [6.45, 7) is 1.75. The number of carboxylic acid groups (broad SMARTS) is 1. The van der Waals surface area contributed by atoms with Crippen LogP contribution in [0.3, 0.4) is 0 Å². The third-order valence-electron chi connectivity index (χ3n) is 4.65. The number of ether oxygens (including phenoxy) is 1. The molecule has 0 saturated carbocycles. The van der Waals surface area contributed by atoms with Crippen LogP contribution in [-0.4, -0.2) is 70.8 Å². The summed E-state index contributed by atoms with van der Waals surface area (Å²) in [6.07, 6.45) is -1.16. The zero-order valence-electron chi connectivity index (χ0n) is 16.0. The molecule has 0 spiro atoms. The number of amides is 3. The number of nitrogens with one attached hydrogen (secondary N) is 2. The predicted octanol–water partition coefficient (Wildman–Crippen LogP) is -0.793. The Labute approximate surface area is 172 Å². The highest BCUT2D eigenvalue weighted by molar-refractivity contribution is 7.74. The van der Waals surface area contributed by atoms with E-state index in [1.807, 2.05) is 10.9 Å². The molecule has 30 heavy (non-hydrogen) atoms. The molecule has 2 rings (SSSR count). The average Bonchev–Trinajstić information content (AvgIpc) is 2.68. The van der Waals surface area contributed by atoms with Crippen molar-refractivity contribution in [2.75, 3.05) is 6.61 Å². The van der Waals surface area contributed by atoms with Gasteiger partial charge in [-0.2, -0.15) is 0 Å². The van der Waals surface area contributed by atoms with E-state index in [4.69, 9.17) is 4.74 Å². The number of aliphatic carboxylic acids is 1. The number of carbonyl (C=O) groups is 4. The third kappa shape index (κ3) is 4.79. The predicted molar refractivity (Wildman–Crippen MR) is 101 cm³/mol. The topological polar surface area (TPSA) is 179 Å².